The first-order valence-corrected chi connectivity index (χ1v) is 11.2. The average Bonchev–Trinajstić information content (AvgIpc) is 3.12. The molecular weight excluding hydrogens is 550 g/mol. The molecule has 0 aliphatic rings. The van der Waals surface area contributed by atoms with Crippen molar-refractivity contribution >= 4 is 79.1 Å². The van der Waals surface area contributed by atoms with Crippen molar-refractivity contribution in [2.45, 2.75) is 0 Å². The Hall–Kier alpha value is -3.40. The number of hydrogen-bond donors (Lipinski definition) is 3. The van der Waals surface area contributed by atoms with Gasteiger partial charge in [-0.2, -0.15) is 0 Å². The van der Waals surface area contributed by atoms with E-state index < -0.39 is 23.5 Å². The Kier molecular flexibility index (Phi) is 6.87. The molecule has 0 saturated carbocycles. The predicted octanol–water partition coefficient (Wildman–Crippen LogP) is 5.81. The second kappa shape index (κ2) is 9.84. The van der Waals surface area contributed by atoms with Crippen molar-refractivity contribution in [1.82, 2.24) is 4.68 Å². The van der Waals surface area contributed by atoms with Gasteiger partial charge in [-0.25, -0.2) is 9.07 Å². The molecule has 3 amide bonds. The molecule has 1 heterocycles. The van der Waals surface area contributed by atoms with Crippen molar-refractivity contribution in [2.75, 3.05) is 16.1 Å². The molecule has 3 aromatic carbocycles. The molecule has 34 heavy (non-hydrogen) atoms. The van der Waals surface area contributed by atoms with Crippen LogP contribution in [0.25, 0.3) is 10.9 Å². The van der Waals surface area contributed by atoms with Crippen LogP contribution in [0.1, 0.15) is 10.5 Å². The number of carbonyl (C=O) groups is 3. The van der Waals surface area contributed by atoms with E-state index in [1.54, 1.807) is 24.3 Å². The van der Waals surface area contributed by atoms with Crippen LogP contribution in [-0.4, -0.2) is 22.4 Å². The number of nitrogens with one attached hydrogen (secondary N) is 3. The van der Waals surface area contributed by atoms with Gasteiger partial charge in [-0.1, -0.05) is 39.1 Å². The van der Waals surface area contributed by atoms with Gasteiger partial charge in [0.15, 0.2) is 0 Å². The Balaban J connectivity index is 1.63. The molecule has 4 aromatic rings. The summed E-state index contributed by atoms with van der Waals surface area (Å²) >= 11 is 15.4. The lowest BCUT2D eigenvalue weighted by Crippen LogP contribution is -2.36. The van der Waals surface area contributed by atoms with E-state index in [2.05, 4.69) is 32.0 Å². The lowest BCUT2D eigenvalue weighted by Gasteiger charge is -2.13. The summed E-state index contributed by atoms with van der Waals surface area (Å²) in [6, 6.07) is 16.2. The van der Waals surface area contributed by atoms with Gasteiger partial charge in [-0.05, 0) is 66.7 Å². The molecule has 0 fully saturated rings. The van der Waals surface area contributed by atoms with Crippen LogP contribution in [0.2, 0.25) is 10.0 Å². The van der Waals surface area contributed by atoms with E-state index in [0.29, 0.717) is 26.6 Å². The number of carbonyl (C=O) groups excluding carboxylic acids is 3. The van der Waals surface area contributed by atoms with Crippen molar-refractivity contribution in [3.8, 4) is 0 Å². The molecule has 4 rings (SSSR count). The maximum absolute atomic E-state index is 13.1. The van der Waals surface area contributed by atoms with Gasteiger partial charge in [0, 0.05) is 31.3 Å². The number of anilines is 2. The van der Waals surface area contributed by atoms with Gasteiger partial charge in [0.05, 0.1) is 5.52 Å². The number of benzene rings is 3. The number of aromatic nitrogens is 1. The summed E-state index contributed by atoms with van der Waals surface area (Å²) in [6.45, 7) is 0. The molecule has 3 N–H and O–H groups in total. The van der Waals surface area contributed by atoms with E-state index in [1.807, 2.05) is 0 Å². The number of nitrogens with zero attached hydrogens (tertiary/aromatic N) is 1. The van der Waals surface area contributed by atoms with Crippen LogP contribution in [0.4, 0.5) is 15.8 Å². The summed E-state index contributed by atoms with van der Waals surface area (Å²) in [5.74, 6) is -3.10. The van der Waals surface area contributed by atoms with Gasteiger partial charge in [0.25, 0.3) is 5.91 Å². The van der Waals surface area contributed by atoms with Crippen LogP contribution in [0, 0.1) is 5.82 Å². The van der Waals surface area contributed by atoms with Gasteiger partial charge in [-0.3, -0.25) is 19.8 Å². The van der Waals surface area contributed by atoms with Crippen LogP contribution in [-0.2, 0) is 9.59 Å². The Morgan fingerprint density at radius 3 is 2.15 bits per heavy atom. The van der Waals surface area contributed by atoms with Crippen LogP contribution in [0.5, 0.6) is 0 Å². The zero-order chi connectivity index (χ0) is 24.4. The monoisotopic (exact) mass is 562 g/mol. The zero-order valence-corrected chi connectivity index (χ0v) is 20.1. The highest BCUT2D eigenvalue weighted by molar-refractivity contribution is 9.10. The fraction of sp³-hybridized carbons (Fsp3) is 0. The molecule has 0 saturated heterocycles. The van der Waals surface area contributed by atoms with Gasteiger partial charge in [0.2, 0.25) is 0 Å². The molecule has 0 aliphatic carbocycles. The average molecular weight is 564 g/mol. The van der Waals surface area contributed by atoms with E-state index in [9.17, 15) is 18.8 Å². The maximum atomic E-state index is 13.1. The molecule has 7 nitrogen and oxygen atoms in total. The molecule has 0 spiro atoms. The van der Waals surface area contributed by atoms with Crippen molar-refractivity contribution in [3.63, 3.8) is 0 Å². The van der Waals surface area contributed by atoms with Gasteiger partial charge >= 0.3 is 11.8 Å². The molecule has 172 valence electrons. The van der Waals surface area contributed by atoms with Crippen molar-refractivity contribution in [3.05, 3.63) is 92.8 Å². The first-order chi connectivity index (χ1) is 16.2. The minimum Gasteiger partial charge on any atom is -0.321 e. The van der Waals surface area contributed by atoms with Gasteiger partial charge in [-0.15, -0.1) is 0 Å². The Morgan fingerprint density at radius 2 is 1.47 bits per heavy atom. The van der Waals surface area contributed by atoms with E-state index in [4.69, 9.17) is 23.2 Å². The highest BCUT2D eigenvalue weighted by Crippen LogP contribution is 2.26. The smallest absolute Gasteiger partial charge is 0.321 e. The van der Waals surface area contributed by atoms with Crippen molar-refractivity contribution in [1.29, 1.82) is 0 Å². The largest absolute Gasteiger partial charge is 0.328 e. The van der Waals surface area contributed by atoms with Gasteiger partial charge < -0.3 is 10.6 Å². The molecule has 1 aromatic heterocycles. The number of fused-ring (bicyclic) bond motifs is 1. The van der Waals surface area contributed by atoms with Gasteiger partial charge in [0.1, 0.15) is 11.5 Å². The van der Waals surface area contributed by atoms with E-state index in [-0.39, 0.29) is 11.4 Å². The molecule has 0 bridgehead atoms. The summed E-state index contributed by atoms with van der Waals surface area (Å²) in [5.41, 5.74) is 3.54. The second-order valence-electron chi connectivity index (χ2n) is 7.08. The molecule has 0 unspecified atom stereocenters. The van der Waals surface area contributed by atoms with E-state index >= 15 is 0 Å². The van der Waals surface area contributed by atoms with E-state index in [1.165, 1.54) is 35.0 Å². The highest BCUT2D eigenvalue weighted by Gasteiger charge is 2.21. The molecule has 0 aliphatic heterocycles. The summed E-state index contributed by atoms with van der Waals surface area (Å²) in [6.07, 6.45) is 0. The standard InChI is InChI=1S/C23H14BrCl2FN4O3/c24-13-1-6-19-12(7-13)8-20(21(32)29-18-10-14(25)9-15(26)11-18)31(19)30-23(34)22(33)28-17-4-2-16(27)3-5-17/h1-11H,(H,28,33)(H,29,32)(H,30,34). The second-order valence-corrected chi connectivity index (χ2v) is 8.87. The summed E-state index contributed by atoms with van der Waals surface area (Å²) in [4.78, 5) is 38.1. The first kappa shape index (κ1) is 23.7. The Bertz CT molecular complexity index is 1420. The Morgan fingerprint density at radius 1 is 0.794 bits per heavy atom. The topological polar surface area (TPSA) is 92.2 Å². The third-order valence-electron chi connectivity index (χ3n) is 4.64. The van der Waals surface area contributed by atoms with Crippen LogP contribution in [0.15, 0.2) is 71.2 Å². The van der Waals surface area contributed by atoms with Crippen molar-refractivity contribution in [2.24, 2.45) is 0 Å². The third kappa shape index (κ3) is 5.39. The SMILES string of the molecule is O=C(Nc1ccc(F)cc1)C(=O)Nn1c(C(=O)Nc2cc(Cl)cc(Cl)c2)cc2cc(Br)ccc21. The van der Waals surface area contributed by atoms with E-state index in [0.717, 1.165) is 16.6 Å². The van der Waals surface area contributed by atoms with Crippen LogP contribution in [0.3, 0.4) is 0 Å². The number of halogens is 4. The summed E-state index contributed by atoms with van der Waals surface area (Å²) in [5, 5.41) is 6.34. The predicted molar refractivity (Wildman–Crippen MR) is 133 cm³/mol. The quantitative estimate of drug-likeness (QED) is 0.274. The fourth-order valence-corrected chi connectivity index (χ4v) is 4.07. The molecule has 11 heteroatoms. The first-order valence-electron chi connectivity index (χ1n) is 9.66. The number of amides is 3. The summed E-state index contributed by atoms with van der Waals surface area (Å²) < 4.78 is 15.0. The molecule has 0 radical (unpaired) electrons. The maximum Gasteiger partial charge on any atom is 0.328 e. The Labute approximate surface area is 210 Å². The molecule has 0 atom stereocenters. The lowest BCUT2D eigenvalue weighted by atomic mass is 10.2. The van der Waals surface area contributed by atoms with Crippen LogP contribution < -0.4 is 16.1 Å². The fourth-order valence-electron chi connectivity index (χ4n) is 3.17. The summed E-state index contributed by atoms with van der Waals surface area (Å²) in [7, 11) is 0. The minimum absolute atomic E-state index is 0.0483. The lowest BCUT2D eigenvalue weighted by molar-refractivity contribution is -0.133. The molecular formula is C23H14BrCl2FN4O3. The number of rotatable bonds is 4. The highest BCUT2D eigenvalue weighted by atomic mass is 79.9. The van der Waals surface area contributed by atoms with Crippen LogP contribution >= 0.6 is 39.1 Å². The number of hydrogen-bond acceptors (Lipinski definition) is 3. The normalized spacial score (nSPS) is 10.7. The third-order valence-corrected chi connectivity index (χ3v) is 5.57. The zero-order valence-electron chi connectivity index (χ0n) is 17.0. The van der Waals surface area contributed by atoms with Crippen molar-refractivity contribution < 1.29 is 18.8 Å². The minimum atomic E-state index is -1.04.